The predicted octanol–water partition coefficient (Wildman–Crippen LogP) is 5.57. The van der Waals surface area contributed by atoms with Gasteiger partial charge in [0.05, 0.1) is 70.4 Å². The van der Waals surface area contributed by atoms with Gasteiger partial charge in [0.25, 0.3) is 0 Å². The van der Waals surface area contributed by atoms with Gasteiger partial charge in [0.1, 0.15) is 13.3 Å². The van der Waals surface area contributed by atoms with Crippen LogP contribution in [-0.2, 0) is 49.2 Å². The number of methoxy groups -OCH3 is 3. The van der Waals surface area contributed by atoms with Crippen LogP contribution >= 0.6 is 0 Å². The van der Waals surface area contributed by atoms with E-state index in [1.54, 1.807) is 56.0 Å². The lowest BCUT2D eigenvalue weighted by atomic mass is 9.80. The molecule has 330 valence electrons. The molecule has 1 aliphatic heterocycles. The van der Waals surface area contributed by atoms with Crippen LogP contribution in [-0.4, -0.2) is 127 Å². The topological polar surface area (TPSA) is 188 Å². The van der Waals surface area contributed by atoms with E-state index >= 15 is 0 Å². The van der Waals surface area contributed by atoms with Crippen LogP contribution in [0.25, 0.3) is 0 Å². The molecule has 0 spiro atoms. The Morgan fingerprint density at radius 2 is 1.57 bits per heavy atom. The van der Waals surface area contributed by atoms with Gasteiger partial charge in [0.15, 0.2) is 11.5 Å². The van der Waals surface area contributed by atoms with Crippen LogP contribution in [0.4, 0.5) is 9.59 Å². The van der Waals surface area contributed by atoms with Gasteiger partial charge in [-0.25, -0.2) is 14.4 Å². The van der Waals surface area contributed by atoms with Gasteiger partial charge in [-0.05, 0) is 82.4 Å². The summed E-state index contributed by atoms with van der Waals surface area (Å²) < 4.78 is 43.2. The zero-order valence-corrected chi connectivity index (χ0v) is 37.0. The van der Waals surface area contributed by atoms with Crippen LogP contribution < -0.4 is 15.2 Å². The summed E-state index contributed by atoms with van der Waals surface area (Å²) in [5.74, 6) is -0.312. The van der Waals surface area contributed by atoms with E-state index in [-0.39, 0.29) is 48.0 Å². The molecule has 1 aliphatic rings. The number of esters is 1. The number of hydrogen-bond acceptors (Lipinski definition) is 13. The molecule has 0 radical (unpaired) electrons. The van der Waals surface area contributed by atoms with Gasteiger partial charge >= 0.3 is 24.1 Å². The highest BCUT2D eigenvalue weighted by Crippen LogP contribution is 2.37. The molecule has 1 aromatic carbocycles. The van der Waals surface area contributed by atoms with Crippen molar-refractivity contribution in [3.8, 4) is 11.5 Å². The van der Waals surface area contributed by atoms with Gasteiger partial charge in [-0.1, -0.05) is 33.8 Å². The van der Waals surface area contributed by atoms with Crippen molar-refractivity contribution in [1.82, 2.24) is 4.90 Å². The summed E-state index contributed by atoms with van der Waals surface area (Å²) in [4.78, 5) is 66.0. The van der Waals surface area contributed by atoms with Gasteiger partial charge in [-0.2, -0.15) is 0 Å². The molecule has 4 unspecified atom stereocenters. The zero-order valence-electron chi connectivity index (χ0n) is 37.0. The molecule has 0 aliphatic carbocycles. The first-order valence-corrected chi connectivity index (χ1v) is 19.9. The Morgan fingerprint density at radius 3 is 2.14 bits per heavy atom. The molecule has 58 heavy (non-hydrogen) atoms. The van der Waals surface area contributed by atoms with Crippen molar-refractivity contribution in [2.24, 2.45) is 40.2 Å². The maximum atomic E-state index is 14.3. The highest BCUT2D eigenvalue weighted by molar-refractivity contribution is 5.80. The minimum atomic E-state index is -1.13. The first-order valence-electron chi connectivity index (χ1n) is 19.9. The van der Waals surface area contributed by atoms with E-state index in [2.05, 4.69) is 13.8 Å². The van der Waals surface area contributed by atoms with E-state index < -0.39 is 59.8 Å². The molecule has 2 N–H and O–H groups in total. The van der Waals surface area contributed by atoms with Crippen molar-refractivity contribution >= 4 is 30.0 Å². The lowest BCUT2D eigenvalue weighted by Gasteiger charge is -2.38. The molecule has 0 bridgehead atoms. The average Bonchev–Trinajstić information content (AvgIpc) is 3.54. The highest BCUT2D eigenvalue weighted by atomic mass is 16.8. The largest absolute Gasteiger partial charge is 0.511 e. The monoisotopic (exact) mass is 824 g/mol. The molecule has 16 heteroatoms. The number of hydrogen-bond donors (Lipinski definition) is 1. The number of ether oxygens (including phenoxy) is 8. The molecule has 4 atom stereocenters. The molecule has 1 heterocycles. The second kappa shape index (κ2) is 22.3. The minimum absolute atomic E-state index is 0.0282. The number of nitrogens with zero attached hydrogens (tertiary/aromatic N) is 2. The lowest BCUT2D eigenvalue weighted by molar-refractivity contribution is -0.821. The minimum Gasteiger partial charge on any atom is -0.493 e. The first kappa shape index (κ1) is 50.0. The standard InChI is InChI=1S/C42H69N3O13/c1-27(2)30(19-29-15-16-33(52-12)35(20-29)54-18-14-17-51-11)21-32-34(22-31(28(3)4)36(46)45(9,10)23-41(5,6)37(43)47)56-25-44(32)39(49)57-26-58-40(50)55-24-42(7,8)38(48)53-13/h15-16,20,27-28,30-32,34H,14,17-19,21-26H2,1-13H3,(H-,43,47)/p+1. The second-order valence-corrected chi connectivity index (χ2v) is 17.6. The number of primary amides is 1. The molecule has 2 rings (SSSR count). The summed E-state index contributed by atoms with van der Waals surface area (Å²) in [6.07, 6.45) is -0.321. The van der Waals surface area contributed by atoms with Crippen LogP contribution in [0, 0.1) is 34.5 Å². The third-order valence-electron chi connectivity index (χ3n) is 10.8. The van der Waals surface area contributed by atoms with Gasteiger partial charge in [0, 0.05) is 20.1 Å². The van der Waals surface area contributed by atoms with E-state index in [0.717, 1.165) is 5.56 Å². The summed E-state index contributed by atoms with van der Waals surface area (Å²) in [6, 6.07) is 5.32. The van der Waals surface area contributed by atoms with Crippen LogP contribution in [0.5, 0.6) is 11.5 Å². The number of carbonyl (C=O) groups is 5. The first-order chi connectivity index (χ1) is 27.0. The summed E-state index contributed by atoms with van der Waals surface area (Å²) >= 11 is 0. The van der Waals surface area contributed by atoms with Crippen LogP contribution in [0.3, 0.4) is 0 Å². The van der Waals surface area contributed by atoms with Crippen molar-refractivity contribution in [2.75, 3.05) is 75.3 Å². The number of quaternary nitrogens is 1. The quantitative estimate of drug-likeness (QED) is 0.0475. The molecular formula is C42H70N3O13+. The number of rotatable bonds is 23. The van der Waals surface area contributed by atoms with E-state index in [1.807, 2.05) is 32.0 Å². The fourth-order valence-electron chi connectivity index (χ4n) is 7.15. The number of amides is 3. The predicted molar refractivity (Wildman–Crippen MR) is 214 cm³/mol. The van der Waals surface area contributed by atoms with E-state index in [0.29, 0.717) is 50.4 Å². The third-order valence-corrected chi connectivity index (χ3v) is 10.8. The molecule has 16 nitrogen and oxygen atoms in total. The average molecular weight is 825 g/mol. The highest BCUT2D eigenvalue weighted by Gasteiger charge is 2.47. The van der Waals surface area contributed by atoms with Crippen LogP contribution in [0.2, 0.25) is 0 Å². The molecular weight excluding hydrogens is 754 g/mol. The second-order valence-electron chi connectivity index (χ2n) is 17.6. The van der Waals surface area contributed by atoms with Gasteiger partial charge in [0.2, 0.25) is 12.7 Å². The Labute approximate surface area is 344 Å². The fourth-order valence-corrected chi connectivity index (χ4v) is 7.15. The van der Waals surface area contributed by atoms with Gasteiger partial charge < -0.3 is 43.6 Å². The Hall–Kier alpha value is -4.15. The summed E-state index contributed by atoms with van der Waals surface area (Å²) in [7, 11) is 8.02. The SMILES string of the molecule is COCCCOc1cc(CC(CC2C(CC(C(=O)[N+](C)(C)CC(C)(C)C(N)=O)C(C)C)OCN2C(=O)OCOC(=O)OCC(C)(C)C(=O)OC)C(C)C)ccc1OC. The molecule has 0 aromatic heterocycles. The zero-order chi connectivity index (χ0) is 44.0. The Kier molecular flexibility index (Phi) is 19.2. The van der Waals surface area contributed by atoms with Crippen LogP contribution in [0.1, 0.15) is 80.2 Å². The van der Waals surface area contributed by atoms with E-state index in [1.165, 1.54) is 12.0 Å². The van der Waals surface area contributed by atoms with Crippen molar-refractivity contribution in [2.45, 2.75) is 93.2 Å². The van der Waals surface area contributed by atoms with Gasteiger partial charge in [-0.15, -0.1) is 0 Å². The Balaban J connectivity index is 2.39. The molecule has 0 saturated carbocycles. The Morgan fingerprint density at radius 1 is 0.897 bits per heavy atom. The van der Waals surface area contributed by atoms with Gasteiger partial charge in [-0.3, -0.25) is 19.0 Å². The number of benzene rings is 1. The fraction of sp³-hybridized carbons (Fsp3) is 0.738. The molecule has 1 aromatic rings. The third kappa shape index (κ3) is 14.6. The smallest absolute Gasteiger partial charge is 0.493 e. The summed E-state index contributed by atoms with van der Waals surface area (Å²) in [5, 5.41) is 0. The number of nitrogens with two attached hydrogens (primary N) is 1. The van der Waals surface area contributed by atoms with Crippen molar-refractivity contribution in [3.63, 3.8) is 0 Å². The molecule has 1 saturated heterocycles. The number of carbonyl (C=O) groups excluding carboxylic acids is 5. The van der Waals surface area contributed by atoms with Crippen molar-refractivity contribution in [3.05, 3.63) is 23.8 Å². The van der Waals surface area contributed by atoms with Crippen molar-refractivity contribution in [1.29, 1.82) is 0 Å². The van der Waals surface area contributed by atoms with Crippen LogP contribution in [0.15, 0.2) is 18.2 Å². The van der Waals surface area contributed by atoms with E-state index in [9.17, 15) is 24.0 Å². The maximum absolute atomic E-state index is 14.3. The normalized spacial score (nSPS) is 17.1. The Bertz CT molecular complexity index is 1530. The molecule has 3 amide bonds. The molecule has 1 fully saturated rings. The summed E-state index contributed by atoms with van der Waals surface area (Å²) in [6.45, 7) is 14.8. The van der Waals surface area contributed by atoms with E-state index in [4.69, 9.17) is 43.6 Å². The maximum Gasteiger partial charge on any atom is 0.511 e. The lowest BCUT2D eigenvalue weighted by Crippen LogP contribution is -2.57. The summed E-state index contributed by atoms with van der Waals surface area (Å²) in [5.41, 5.74) is 4.66. The van der Waals surface area contributed by atoms with Crippen molar-refractivity contribution < 1.29 is 66.4 Å².